The van der Waals surface area contributed by atoms with E-state index >= 15 is 0 Å². The molecule has 0 spiro atoms. The van der Waals surface area contributed by atoms with Crippen LogP contribution in [0.5, 0.6) is 0 Å². The molecule has 0 radical (unpaired) electrons. The molecule has 1 aromatic carbocycles. The fourth-order valence-corrected chi connectivity index (χ4v) is 4.34. The van der Waals surface area contributed by atoms with Crippen LogP contribution in [0.15, 0.2) is 24.3 Å². The lowest BCUT2D eigenvalue weighted by Crippen LogP contribution is -2.53. The van der Waals surface area contributed by atoms with E-state index in [1.165, 1.54) is 25.0 Å². The van der Waals surface area contributed by atoms with Crippen LogP contribution in [0.2, 0.25) is 0 Å². The molecule has 0 unspecified atom stereocenters. The van der Waals surface area contributed by atoms with Gasteiger partial charge >= 0.3 is 0 Å². The van der Waals surface area contributed by atoms with Crippen LogP contribution in [0.1, 0.15) is 38.2 Å². The van der Waals surface area contributed by atoms with E-state index < -0.39 is 0 Å². The number of carbonyl (C=O) groups is 1. The lowest BCUT2D eigenvalue weighted by Gasteiger charge is -2.38. The predicted molar refractivity (Wildman–Crippen MR) is 98.1 cm³/mol. The van der Waals surface area contributed by atoms with Gasteiger partial charge < -0.3 is 10.2 Å². The van der Waals surface area contributed by atoms with Gasteiger partial charge in [-0.15, -0.1) is 0 Å². The summed E-state index contributed by atoms with van der Waals surface area (Å²) in [6.07, 6.45) is 4.46. The summed E-state index contributed by atoms with van der Waals surface area (Å²) in [5.41, 5.74) is 1.12. The van der Waals surface area contributed by atoms with Crippen molar-refractivity contribution in [2.75, 3.05) is 39.8 Å². The highest BCUT2D eigenvalue weighted by Crippen LogP contribution is 2.40. The van der Waals surface area contributed by atoms with Crippen LogP contribution in [0.4, 0.5) is 4.39 Å². The molecule has 3 rings (SSSR count). The highest BCUT2D eigenvalue weighted by atomic mass is 19.1. The number of hydrogen-bond donors (Lipinski definition) is 1. The van der Waals surface area contributed by atoms with E-state index in [-0.39, 0.29) is 17.1 Å². The Morgan fingerprint density at radius 1 is 1.24 bits per heavy atom. The fourth-order valence-electron chi connectivity index (χ4n) is 4.34. The third-order valence-corrected chi connectivity index (χ3v) is 5.96. The molecule has 1 saturated carbocycles. The molecule has 1 heterocycles. The first-order chi connectivity index (χ1) is 12.0. The lowest BCUT2D eigenvalue weighted by atomic mass is 9.79. The van der Waals surface area contributed by atoms with Crippen LogP contribution >= 0.6 is 0 Å². The highest BCUT2D eigenvalue weighted by Gasteiger charge is 2.36. The van der Waals surface area contributed by atoms with Crippen molar-refractivity contribution < 1.29 is 9.18 Å². The molecule has 2 aliphatic rings. The Morgan fingerprint density at radius 3 is 2.56 bits per heavy atom. The number of benzene rings is 1. The van der Waals surface area contributed by atoms with Crippen LogP contribution in [-0.4, -0.2) is 61.5 Å². The van der Waals surface area contributed by atoms with Gasteiger partial charge in [0.1, 0.15) is 5.82 Å². The van der Waals surface area contributed by atoms with Crippen LogP contribution < -0.4 is 5.32 Å². The maximum Gasteiger partial charge on any atom is 0.234 e. The molecule has 1 N–H and O–H groups in total. The molecule has 5 heteroatoms. The second kappa shape index (κ2) is 7.83. The zero-order valence-electron chi connectivity index (χ0n) is 15.4. The van der Waals surface area contributed by atoms with Crippen molar-refractivity contribution >= 4 is 5.91 Å². The SMILES string of the molecule is C[C@@H]1CN(C)CCN1CC(=O)NCC1(c2ccc(F)cc2)CCCC1. The Bertz CT molecular complexity index is 583. The summed E-state index contributed by atoms with van der Waals surface area (Å²) < 4.78 is 13.3. The Hall–Kier alpha value is -1.46. The fraction of sp³-hybridized carbons (Fsp3) is 0.650. The second-order valence-corrected chi connectivity index (χ2v) is 7.85. The first-order valence-corrected chi connectivity index (χ1v) is 9.44. The number of amides is 1. The van der Waals surface area contributed by atoms with Crippen molar-refractivity contribution in [3.05, 3.63) is 35.6 Å². The topological polar surface area (TPSA) is 35.6 Å². The van der Waals surface area contributed by atoms with E-state index in [2.05, 4.69) is 29.1 Å². The van der Waals surface area contributed by atoms with Gasteiger partial charge in [-0.1, -0.05) is 25.0 Å². The molecular formula is C20H30FN3O. The smallest absolute Gasteiger partial charge is 0.234 e. The lowest BCUT2D eigenvalue weighted by molar-refractivity contribution is -0.123. The molecule has 1 aromatic rings. The summed E-state index contributed by atoms with van der Waals surface area (Å²) in [7, 11) is 2.13. The molecule has 1 atom stereocenters. The molecule has 0 bridgehead atoms. The van der Waals surface area contributed by atoms with Crippen LogP contribution in [-0.2, 0) is 10.2 Å². The van der Waals surface area contributed by atoms with E-state index in [1.54, 1.807) is 0 Å². The Labute approximate surface area is 150 Å². The Kier molecular flexibility index (Phi) is 5.74. The zero-order chi connectivity index (χ0) is 17.9. The largest absolute Gasteiger partial charge is 0.354 e. The molecular weight excluding hydrogens is 317 g/mol. The normalized spacial score (nSPS) is 24.4. The number of likely N-dealkylation sites (N-methyl/N-ethyl adjacent to an activating group) is 1. The van der Waals surface area contributed by atoms with Gasteiger partial charge in [0, 0.05) is 37.6 Å². The molecule has 1 amide bonds. The number of hydrogen-bond acceptors (Lipinski definition) is 3. The first kappa shape index (κ1) is 18.3. The predicted octanol–water partition coefficient (Wildman–Crippen LogP) is 2.39. The van der Waals surface area contributed by atoms with E-state index in [1.807, 2.05) is 12.1 Å². The summed E-state index contributed by atoms with van der Waals surface area (Å²) in [5, 5.41) is 3.17. The molecule has 25 heavy (non-hydrogen) atoms. The first-order valence-electron chi connectivity index (χ1n) is 9.44. The average molecular weight is 347 g/mol. The summed E-state index contributed by atoms with van der Waals surface area (Å²) in [4.78, 5) is 17.1. The molecule has 4 nitrogen and oxygen atoms in total. The van der Waals surface area contributed by atoms with Gasteiger partial charge in [0.05, 0.1) is 6.54 Å². The van der Waals surface area contributed by atoms with Crippen molar-refractivity contribution in [1.29, 1.82) is 0 Å². The quantitative estimate of drug-likeness (QED) is 0.888. The summed E-state index contributed by atoms with van der Waals surface area (Å²) in [6, 6.07) is 7.24. The summed E-state index contributed by atoms with van der Waals surface area (Å²) >= 11 is 0. The second-order valence-electron chi connectivity index (χ2n) is 7.85. The average Bonchev–Trinajstić information content (AvgIpc) is 3.06. The Morgan fingerprint density at radius 2 is 1.92 bits per heavy atom. The van der Waals surface area contributed by atoms with E-state index in [0.717, 1.165) is 38.0 Å². The van der Waals surface area contributed by atoms with Gasteiger partial charge in [-0.05, 0) is 44.5 Å². The van der Waals surface area contributed by atoms with Crippen molar-refractivity contribution in [3.63, 3.8) is 0 Å². The summed E-state index contributed by atoms with van der Waals surface area (Å²) in [6.45, 7) is 6.26. The van der Waals surface area contributed by atoms with Crippen molar-refractivity contribution in [1.82, 2.24) is 15.1 Å². The maximum absolute atomic E-state index is 13.3. The van der Waals surface area contributed by atoms with Crippen molar-refractivity contribution in [2.45, 2.75) is 44.1 Å². The van der Waals surface area contributed by atoms with Gasteiger partial charge in [0.25, 0.3) is 0 Å². The van der Waals surface area contributed by atoms with Crippen molar-refractivity contribution in [2.24, 2.45) is 0 Å². The van der Waals surface area contributed by atoms with Gasteiger partial charge in [-0.2, -0.15) is 0 Å². The van der Waals surface area contributed by atoms with E-state index in [9.17, 15) is 9.18 Å². The third-order valence-electron chi connectivity index (χ3n) is 5.96. The number of nitrogens with one attached hydrogen (secondary N) is 1. The van der Waals surface area contributed by atoms with E-state index in [0.29, 0.717) is 19.1 Å². The minimum absolute atomic E-state index is 0.0307. The number of nitrogens with zero attached hydrogens (tertiary/aromatic N) is 2. The zero-order valence-corrected chi connectivity index (χ0v) is 15.4. The van der Waals surface area contributed by atoms with Crippen LogP contribution in [0.25, 0.3) is 0 Å². The van der Waals surface area contributed by atoms with Crippen molar-refractivity contribution in [3.8, 4) is 0 Å². The van der Waals surface area contributed by atoms with Crippen LogP contribution in [0, 0.1) is 5.82 Å². The molecule has 1 aliphatic heterocycles. The number of rotatable bonds is 5. The standard InChI is InChI=1S/C20H30FN3O/c1-16-13-23(2)11-12-24(16)14-19(25)22-15-20(9-3-4-10-20)17-5-7-18(21)8-6-17/h5-8,16H,3-4,9-15H2,1-2H3,(H,22,25)/t16-/m1/s1. The number of piperazine rings is 1. The molecule has 138 valence electrons. The Balaban J connectivity index is 1.58. The van der Waals surface area contributed by atoms with Gasteiger partial charge in [-0.3, -0.25) is 9.69 Å². The monoisotopic (exact) mass is 347 g/mol. The minimum atomic E-state index is -0.204. The third kappa shape index (κ3) is 4.39. The highest BCUT2D eigenvalue weighted by molar-refractivity contribution is 5.78. The van der Waals surface area contributed by atoms with Gasteiger partial charge in [-0.25, -0.2) is 4.39 Å². The van der Waals surface area contributed by atoms with Gasteiger partial charge in [0.2, 0.25) is 5.91 Å². The molecule has 2 fully saturated rings. The minimum Gasteiger partial charge on any atom is -0.354 e. The van der Waals surface area contributed by atoms with Gasteiger partial charge in [0.15, 0.2) is 0 Å². The summed E-state index contributed by atoms with van der Waals surface area (Å²) in [5.74, 6) is -0.102. The maximum atomic E-state index is 13.3. The number of halogens is 1. The molecule has 0 aromatic heterocycles. The van der Waals surface area contributed by atoms with Crippen LogP contribution in [0.3, 0.4) is 0 Å². The van der Waals surface area contributed by atoms with E-state index in [4.69, 9.17) is 0 Å². The number of carbonyl (C=O) groups excluding carboxylic acids is 1. The molecule has 1 aliphatic carbocycles. The molecule has 1 saturated heterocycles.